The molecule has 0 fully saturated rings. The predicted octanol–water partition coefficient (Wildman–Crippen LogP) is 4.56. The van der Waals surface area contributed by atoms with Crippen LogP contribution in [0.4, 0.5) is 0 Å². The second kappa shape index (κ2) is 7.92. The zero-order valence-electron chi connectivity index (χ0n) is 12.2. The Labute approximate surface area is 139 Å². The van der Waals surface area contributed by atoms with E-state index in [-0.39, 0.29) is 6.61 Å². The van der Waals surface area contributed by atoms with Gasteiger partial charge in [-0.05, 0) is 30.3 Å². The molecule has 0 aromatic heterocycles. The van der Waals surface area contributed by atoms with Crippen LogP contribution >= 0.6 is 23.2 Å². The largest absolute Gasteiger partial charge is 0.497 e. The molecule has 6 heteroatoms. The summed E-state index contributed by atoms with van der Waals surface area (Å²) in [5.74, 6) is 1.38. The Morgan fingerprint density at radius 3 is 2.41 bits per heavy atom. The first-order chi connectivity index (χ1) is 10.7. The lowest BCUT2D eigenvalue weighted by molar-refractivity contribution is 0.132. The number of hydrogen-bond acceptors (Lipinski definition) is 4. The summed E-state index contributed by atoms with van der Waals surface area (Å²) in [5, 5.41) is 5.01. The Hall–Kier alpha value is -1.91. The molecule has 0 saturated heterocycles. The van der Waals surface area contributed by atoms with Gasteiger partial charge in [0.2, 0.25) is 0 Å². The van der Waals surface area contributed by atoms with E-state index in [9.17, 15) is 0 Å². The number of methoxy groups -OCH3 is 2. The summed E-state index contributed by atoms with van der Waals surface area (Å²) in [5.41, 5.74) is 1.44. The molecule has 0 heterocycles. The molecule has 0 aliphatic heterocycles. The van der Waals surface area contributed by atoms with E-state index in [2.05, 4.69) is 5.16 Å². The molecule has 0 aliphatic rings. The van der Waals surface area contributed by atoms with E-state index in [0.717, 1.165) is 5.56 Å². The van der Waals surface area contributed by atoms with Crippen molar-refractivity contribution in [2.24, 2.45) is 5.16 Å². The molecule has 0 radical (unpaired) electrons. The second-order valence-corrected chi connectivity index (χ2v) is 5.13. The molecule has 0 amide bonds. The summed E-state index contributed by atoms with van der Waals surface area (Å²) in [4.78, 5) is 5.26. The Morgan fingerprint density at radius 2 is 1.77 bits per heavy atom. The van der Waals surface area contributed by atoms with Crippen LogP contribution < -0.4 is 9.47 Å². The fourth-order valence-electron chi connectivity index (χ4n) is 1.81. The van der Waals surface area contributed by atoms with Crippen molar-refractivity contribution in [2.75, 3.05) is 14.2 Å². The SMILES string of the molecule is COc1ccc(OC)c(C=NOCc2c(Cl)cccc2Cl)c1. The zero-order valence-corrected chi connectivity index (χ0v) is 13.7. The van der Waals surface area contributed by atoms with E-state index in [1.54, 1.807) is 56.8 Å². The van der Waals surface area contributed by atoms with E-state index < -0.39 is 0 Å². The van der Waals surface area contributed by atoms with Gasteiger partial charge in [0.05, 0.1) is 20.4 Å². The summed E-state index contributed by atoms with van der Waals surface area (Å²) in [7, 11) is 3.18. The summed E-state index contributed by atoms with van der Waals surface area (Å²) in [6, 6.07) is 10.7. The van der Waals surface area contributed by atoms with Crippen LogP contribution in [0.2, 0.25) is 10.0 Å². The fraction of sp³-hybridized carbons (Fsp3) is 0.188. The standard InChI is InChI=1S/C16H15Cl2NO3/c1-20-12-6-7-16(21-2)11(8-12)9-19-22-10-13-14(17)4-3-5-15(13)18/h3-9H,10H2,1-2H3. The third-order valence-corrected chi connectivity index (χ3v) is 3.68. The molecular weight excluding hydrogens is 325 g/mol. The van der Waals surface area contributed by atoms with Gasteiger partial charge in [0.25, 0.3) is 0 Å². The molecule has 22 heavy (non-hydrogen) atoms. The first-order valence-corrected chi connectivity index (χ1v) is 7.21. The molecule has 4 nitrogen and oxygen atoms in total. The van der Waals surface area contributed by atoms with Crippen LogP contribution in [0.25, 0.3) is 0 Å². The minimum Gasteiger partial charge on any atom is -0.497 e. The third-order valence-electron chi connectivity index (χ3n) is 2.97. The lowest BCUT2D eigenvalue weighted by Crippen LogP contribution is -1.94. The summed E-state index contributed by atoms with van der Waals surface area (Å²) in [6.45, 7) is 0.182. The van der Waals surface area contributed by atoms with Crippen molar-refractivity contribution in [3.63, 3.8) is 0 Å². The number of hydrogen-bond donors (Lipinski definition) is 0. The molecule has 0 aliphatic carbocycles. The summed E-state index contributed by atoms with van der Waals surface area (Å²) in [6.07, 6.45) is 1.55. The van der Waals surface area contributed by atoms with Crippen LogP contribution in [0, 0.1) is 0 Å². The number of rotatable bonds is 6. The van der Waals surface area contributed by atoms with E-state index in [1.165, 1.54) is 0 Å². The van der Waals surface area contributed by atoms with Crippen LogP contribution in [-0.4, -0.2) is 20.4 Å². The Kier molecular flexibility index (Phi) is 5.92. The number of halogens is 2. The van der Waals surface area contributed by atoms with Gasteiger partial charge < -0.3 is 14.3 Å². The van der Waals surface area contributed by atoms with E-state index in [4.69, 9.17) is 37.5 Å². The fourth-order valence-corrected chi connectivity index (χ4v) is 2.31. The molecule has 0 atom stereocenters. The maximum atomic E-state index is 6.06. The van der Waals surface area contributed by atoms with E-state index >= 15 is 0 Å². The molecule has 0 N–H and O–H groups in total. The minimum absolute atomic E-state index is 0.182. The maximum Gasteiger partial charge on any atom is 0.145 e. The number of nitrogens with zero attached hydrogens (tertiary/aromatic N) is 1. The smallest absolute Gasteiger partial charge is 0.145 e. The van der Waals surface area contributed by atoms with Crippen LogP contribution in [-0.2, 0) is 11.4 Å². The van der Waals surface area contributed by atoms with Gasteiger partial charge in [0.15, 0.2) is 0 Å². The van der Waals surface area contributed by atoms with Gasteiger partial charge >= 0.3 is 0 Å². The third kappa shape index (κ3) is 4.06. The number of benzene rings is 2. The van der Waals surface area contributed by atoms with Gasteiger partial charge in [0.1, 0.15) is 18.1 Å². The van der Waals surface area contributed by atoms with Crippen LogP contribution in [0.5, 0.6) is 11.5 Å². The molecule has 2 aromatic carbocycles. The predicted molar refractivity (Wildman–Crippen MR) is 88.4 cm³/mol. The molecule has 0 spiro atoms. The highest BCUT2D eigenvalue weighted by atomic mass is 35.5. The summed E-state index contributed by atoms with van der Waals surface area (Å²) < 4.78 is 10.4. The Balaban J connectivity index is 2.07. The maximum absolute atomic E-state index is 6.06. The Morgan fingerprint density at radius 1 is 1.05 bits per heavy atom. The highest BCUT2D eigenvalue weighted by Crippen LogP contribution is 2.25. The first-order valence-electron chi connectivity index (χ1n) is 6.46. The lowest BCUT2D eigenvalue weighted by Gasteiger charge is -2.07. The van der Waals surface area contributed by atoms with Gasteiger partial charge in [-0.1, -0.05) is 34.4 Å². The highest BCUT2D eigenvalue weighted by Gasteiger charge is 2.06. The van der Waals surface area contributed by atoms with Crippen molar-refractivity contribution in [3.8, 4) is 11.5 Å². The number of ether oxygens (including phenoxy) is 2. The Bertz CT molecular complexity index is 654. The molecule has 0 saturated carbocycles. The minimum atomic E-state index is 0.182. The summed E-state index contributed by atoms with van der Waals surface area (Å²) >= 11 is 12.1. The first kappa shape index (κ1) is 16.5. The normalized spacial score (nSPS) is 10.7. The van der Waals surface area contributed by atoms with Gasteiger partial charge in [-0.2, -0.15) is 0 Å². The van der Waals surface area contributed by atoms with Crippen molar-refractivity contribution in [1.29, 1.82) is 0 Å². The van der Waals surface area contributed by atoms with Gasteiger partial charge in [-0.15, -0.1) is 0 Å². The van der Waals surface area contributed by atoms with Gasteiger partial charge in [0, 0.05) is 21.2 Å². The average Bonchev–Trinajstić information content (AvgIpc) is 2.53. The molecule has 2 rings (SSSR count). The van der Waals surface area contributed by atoms with Crippen molar-refractivity contribution in [1.82, 2.24) is 0 Å². The van der Waals surface area contributed by atoms with Crippen molar-refractivity contribution in [3.05, 3.63) is 57.6 Å². The van der Waals surface area contributed by atoms with Crippen LogP contribution in [0.15, 0.2) is 41.6 Å². The zero-order chi connectivity index (χ0) is 15.9. The highest BCUT2D eigenvalue weighted by molar-refractivity contribution is 6.35. The second-order valence-electron chi connectivity index (χ2n) is 4.32. The lowest BCUT2D eigenvalue weighted by atomic mass is 10.2. The van der Waals surface area contributed by atoms with Gasteiger partial charge in [-0.3, -0.25) is 0 Å². The van der Waals surface area contributed by atoms with E-state index in [0.29, 0.717) is 27.1 Å². The molecule has 0 unspecified atom stereocenters. The molecule has 2 aromatic rings. The topological polar surface area (TPSA) is 40.0 Å². The van der Waals surface area contributed by atoms with Crippen molar-refractivity contribution < 1.29 is 14.3 Å². The van der Waals surface area contributed by atoms with Crippen LogP contribution in [0.3, 0.4) is 0 Å². The van der Waals surface area contributed by atoms with E-state index in [1.807, 2.05) is 0 Å². The molecule has 0 bridgehead atoms. The van der Waals surface area contributed by atoms with Gasteiger partial charge in [-0.25, -0.2) is 0 Å². The van der Waals surface area contributed by atoms with Crippen molar-refractivity contribution >= 4 is 29.4 Å². The van der Waals surface area contributed by atoms with Crippen LogP contribution in [0.1, 0.15) is 11.1 Å². The average molecular weight is 340 g/mol. The monoisotopic (exact) mass is 339 g/mol. The molecule has 116 valence electrons. The van der Waals surface area contributed by atoms with Crippen molar-refractivity contribution in [2.45, 2.75) is 6.61 Å². The number of oxime groups is 1. The molecular formula is C16H15Cl2NO3. The quantitative estimate of drug-likeness (QED) is 0.572.